The second-order valence-electron chi connectivity index (χ2n) is 5.28. The van der Waals surface area contributed by atoms with Crippen LogP contribution in [0.15, 0.2) is 24.3 Å². The largest absolute Gasteiger partial charge is 0.491 e. The summed E-state index contributed by atoms with van der Waals surface area (Å²) >= 11 is 0. The van der Waals surface area contributed by atoms with Gasteiger partial charge in [-0.3, -0.25) is 9.59 Å². The van der Waals surface area contributed by atoms with E-state index in [2.05, 4.69) is 0 Å². The molecule has 2 atom stereocenters. The van der Waals surface area contributed by atoms with E-state index >= 15 is 0 Å². The number of ether oxygens (including phenoxy) is 1. The van der Waals surface area contributed by atoms with Crippen molar-refractivity contribution in [1.29, 1.82) is 0 Å². The van der Waals surface area contributed by atoms with Crippen LogP contribution in [0.3, 0.4) is 0 Å². The highest BCUT2D eigenvalue weighted by atomic mass is 18.2. The van der Waals surface area contributed by atoms with Crippen molar-refractivity contribution in [3.63, 3.8) is 0 Å². The van der Waals surface area contributed by atoms with E-state index in [1.54, 1.807) is 24.3 Å². The summed E-state index contributed by atoms with van der Waals surface area (Å²) < 4.78 is 17.1. The van der Waals surface area contributed by atoms with Crippen molar-refractivity contribution in [3.05, 3.63) is 29.8 Å². The predicted octanol–water partition coefficient (Wildman–Crippen LogP) is 1.86. The van der Waals surface area contributed by atoms with E-state index in [1.807, 2.05) is 0 Å². The summed E-state index contributed by atoms with van der Waals surface area (Å²) in [5.74, 6) is -2.15. The number of nitrogens with two attached hydrogens (primary N) is 1. The number of carboxylic acids is 2. The monoisotopic (exact) mass is 326 g/mol. The number of rotatable bonds is 11. The van der Waals surface area contributed by atoms with E-state index in [4.69, 9.17) is 15.6 Å². The van der Waals surface area contributed by atoms with Crippen LogP contribution in [0.25, 0.3) is 0 Å². The molecule has 1 aromatic rings. The van der Waals surface area contributed by atoms with Crippen LogP contribution in [-0.4, -0.2) is 41.5 Å². The molecule has 0 aliphatic rings. The molecular formula is C16H22FNO5. The third-order valence-electron chi connectivity index (χ3n) is 3.54. The Hall–Kier alpha value is -2.15. The van der Waals surface area contributed by atoms with Crippen LogP contribution >= 0.6 is 0 Å². The van der Waals surface area contributed by atoms with Gasteiger partial charge >= 0.3 is 11.9 Å². The Morgan fingerprint density at radius 2 is 1.74 bits per heavy atom. The highest BCUT2D eigenvalue weighted by Crippen LogP contribution is 2.19. The Balaban J connectivity index is 2.48. The molecule has 1 aromatic carbocycles. The molecule has 0 radical (unpaired) electrons. The first kappa shape index (κ1) is 18.9. The molecule has 0 amide bonds. The molecule has 0 saturated carbocycles. The van der Waals surface area contributed by atoms with E-state index in [9.17, 15) is 19.1 Å². The molecule has 128 valence electrons. The lowest BCUT2D eigenvalue weighted by atomic mass is 9.93. The van der Waals surface area contributed by atoms with Gasteiger partial charge in [0.1, 0.15) is 25.1 Å². The molecule has 4 N–H and O–H groups in total. The number of carboxylic acid groups (broad SMARTS) is 2. The van der Waals surface area contributed by atoms with E-state index < -0.39 is 30.6 Å². The average molecular weight is 326 g/mol. The molecule has 0 heterocycles. The SMILES string of the molecule is N[C@@H](CCC(CCc1ccc(OCC[18F])cc1)C(=O)O)C(=O)O. The molecule has 6 nitrogen and oxygen atoms in total. The van der Waals surface area contributed by atoms with Gasteiger partial charge in [-0.1, -0.05) is 12.1 Å². The summed E-state index contributed by atoms with van der Waals surface area (Å²) in [4.78, 5) is 21.9. The van der Waals surface area contributed by atoms with Crippen LogP contribution in [-0.2, 0) is 16.0 Å². The second-order valence-corrected chi connectivity index (χ2v) is 5.28. The van der Waals surface area contributed by atoms with E-state index in [0.29, 0.717) is 18.6 Å². The standard InChI is InChI=1S/C16H22FNO5/c17-9-10-23-13-6-2-11(3-7-13)1-4-12(15(19)20)5-8-14(18)16(21)22/h2-3,6-7,12,14H,1,4-5,8-10,18H2,(H,19,20)(H,21,22)/t12?,14-/m0/s1/i17-1. The molecule has 0 aliphatic carbocycles. The molecule has 23 heavy (non-hydrogen) atoms. The highest BCUT2D eigenvalue weighted by molar-refractivity contribution is 5.73. The molecule has 1 unspecified atom stereocenters. The van der Waals surface area contributed by atoms with Gasteiger partial charge in [-0.15, -0.1) is 0 Å². The van der Waals surface area contributed by atoms with E-state index in [0.717, 1.165) is 5.56 Å². The van der Waals surface area contributed by atoms with E-state index in [1.165, 1.54) is 0 Å². The molecule has 0 fully saturated rings. The molecule has 1 rings (SSSR count). The van der Waals surface area contributed by atoms with Crippen molar-refractivity contribution in [2.75, 3.05) is 13.3 Å². The lowest BCUT2D eigenvalue weighted by Gasteiger charge is -2.14. The predicted molar refractivity (Wildman–Crippen MR) is 82.2 cm³/mol. The third-order valence-corrected chi connectivity index (χ3v) is 3.54. The minimum atomic E-state index is -1.13. The van der Waals surface area contributed by atoms with Crippen molar-refractivity contribution in [2.24, 2.45) is 11.7 Å². The van der Waals surface area contributed by atoms with Gasteiger partial charge in [-0.05, 0) is 43.4 Å². The fraction of sp³-hybridized carbons (Fsp3) is 0.500. The van der Waals surface area contributed by atoms with Gasteiger partial charge in [0.25, 0.3) is 0 Å². The average Bonchev–Trinajstić information content (AvgIpc) is 2.53. The van der Waals surface area contributed by atoms with Gasteiger partial charge in [0.05, 0.1) is 5.92 Å². The molecule has 0 aliphatic heterocycles. The van der Waals surface area contributed by atoms with Gasteiger partial charge in [-0.2, -0.15) is 0 Å². The van der Waals surface area contributed by atoms with Crippen LogP contribution in [0, 0.1) is 5.92 Å². The first-order valence-corrected chi connectivity index (χ1v) is 7.43. The van der Waals surface area contributed by atoms with Gasteiger partial charge < -0.3 is 20.7 Å². The Morgan fingerprint density at radius 1 is 1.09 bits per heavy atom. The van der Waals surface area contributed by atoms with Crippen molar-refractivity contribution < 1.29 is 28.9 Å². The smallest absolute Gasteiger partial charge is 0.320 e. The summed E-state index contributed by atoms with van der Waals surface area (Å²) in [6.07, 6.45) is 1.29. The lowest BCUT2D eigenvalue weighted by molar-refractivity contribution is -0.143. The number of alkyl halides is 1. The molecule has 0 saturated heterocycles. The fourth-order valence-electron chi connectivity index (χ4n) is 2.15. The maximum atomic E-state index is 12.0. The van der Waals surface area contributed by atoms with Crippen LogP contribution in [0.5, 0.6) is 5.75 Å². The van der Waals surface area contributed by atoms with Crippen molar-refractivity contribution >= 4 is 11.9 Å². The number of benzene rings is 1. The molecule has 0 spiro atoms. The summed E-state index contributed by atoms with van der Waals surface area (Å²) in [7, 11) is 0. The zero-order valence-corrected chi connectivity index (χ0v) is 12.8. The molecule has 0 aromatic heterocycles. The number of hydrogen-bond donors (Lipinski definition) is 3. The summed E-state index contributed by atoms with van der Waals surface area (Å²) in [6, 6.07) is 5.98. The summed E-state index contributed by atoms with van der Waals surface area (Å²) in [5, 5.41) is 17.9. The van der Waals surface area contributed by atoms with Gasteiger partial charge in [-0.25, -0.2) is 4.39 Å². The molecule has 7 heteroatoms. The Kier molecular flexibility index (Phi) is 8.04. The van der Waals surface area contributed by atoms with Crippen molar-refractivity contribution in [2.45, 2.75) is 31.7 Å². The zero-order chi connectivity index (χ0) is 17.2. The fourth-order valence-corrected chi connectivity index (χ4v) is 2.15. The summed E-state index contributed by atoms with van der Waals surface area (Å²) in [6.45, 7) is -0.551. The highest BCUT2D eigenvalue weighted by Gasteiger charge is 2.20. The number of hydrogen-bond acceptors (Lipinski definition) is 4. The van der Waals surface area contributed by atoms with Crippen LogP contribution < -0.4 is 10.5 Å². The Labute approximate surface area is 134 Å². The third kappa shape index (κ3) is 7.10. The van der Waals surface area contributed by atoms with Gasteiger partial charge in [0.2, 0.25) is 0 Å². The molecule has 0 bridgehead atoms. The first-order valence-electron chi connectivity index (χ1n) is 7.43. The molecular weight excluding hydrogens is 304 g/mol. The number of aryl methyl sites for hydroxylation is 1. The Bertz CT molecular complexity index is 506. The quantitative estimate of drug-likeness (QED) is 0.572. The maximum absolute atomic E-state index is 12.0. The minimum absolute atomic E-state index is 0.00423. The Morgan fingerprint density at radius 3 is 2.26 bits per heavy atom. The van der Waals surface area contributed by atoms with Gasteiger partial charge in [0, 0.05) is 0 Å². The van der Waals surface area contributed by atoms with Crippen LogP contribution in [0.2, 0.25) is 0 Å². The van der Waals surface area contributed by atoms with Gasteiger partial charge in [0.15, 0.2) is 0 Å². The topological polar surface area (TPSA) is 110 Å². The number of halogens is 1. The van der Waals surface area contributed by atoms with Crippen molar-refractivity contribution in [1.82, 2.24) is 0 Å². The summed E-state index contributed by atoms with van der Waals surface area (Å²) in [5.41, 5.74) is 6.33. The lowest BCUT2D eigenvalue weighted by Crippen LogP contribution is -2.31. The second kappa shape index (κ2) is 9.78. The maximum Gasteiger partial charge on any atom is 0.320 e. The van der Waals surface area contributed by atoms with E-state index in [-0.39, 0.29) is 19.4 Å². The van der Waals surface area contributed by atoms with Crippen molar-refractivity contribution in [3.8, 4) is 5.75 Å². The minimum Gasteiger partial charge on any atom is -0.491 e. The number of carbonyl (C=O) groups is 2. The normalized spacial score (nSPS) is 13.3. The first-order chi connectivity index (χ1) is 10.9. The number of aliphatic carboxylic acids is 2. The van der Waals surface area contributed by atoms with Crippen LogP contribution in [0.1, 0.15) is 24.8 Å². The van der Waals surface area contributed by atoms with Crippen LogP contribution in [0.4, 0.5) is 4.39 Å². The zero-order valence-electron chi connectivity index (χ0n) is 12.8.